The number of rotatable bonds is 6. The summed E-state index contributed by atoms with van der Waals surface area (Å²) in [5, 5.41) is 11.9. The maximum atomic E-state index is 12.2. The van der Waals surface area contributed by atoms with Gasteiger partial charge in [0.15, 0.2) is 0 Å². The summed E-state index contributed by atoms with van der Waals surface area (Å²) in [4.78, 5) is 39.3. The van der Waals surface area contributed by atoms with Crippen molar-refractivity contribution in [2.24, 2.45) is 0 Å². The molecule has 0 aliphatic heterocycles. The molecule has 22 heavy (non-hydrogen) atoms. The van der Waals surface area contributed by atoms with Crippen LogP contribution in [0.15, 0.2) is 35.4 Å². The molecular formula is C15H17N3O4. The van der Waals surface area contributed by atoms with Gasteiger partial charge in [-0.2, -0.15) is 0 Å². The lowest BCUT2D eigenvalue weighted by atomic mass is 10.1. The molecule has 1 aromatic heterocycles. The van der Waals surface area contributed by atoms with Crippen molar-refractivity contribution in [2.75, 3.05) is 0 Å². The van der Waals surface area contributed by atoms with Crippen molar-refractivity contribution < 1.29 is 14.7 Å². The van der Waals surface area contributed by atoms with E-state index in [0.29, 0.717) is 23.7 Å². The van der Waals surface area contributed by atoms with Crippen LogP contribution in [0.25, 0.3) is 10.9 Å². The third-order valence-corrected chi connectivity index (χ3v) is 3.26. The summed E-state index contributed by atoms with van der Waals surface area (Å²) in [6.07, 6.45) is 2.26. The molecule has 7 nitrogen and oxygen atoms in total. The highest BCUT2D eigenvalue weighted by atomic mass is 16.4. The Kier molecular flexibility index (Phi) is 4.88. The minimum absolute atomic E-state index is 0.260. The average molecular weight is 303 g/mol. The molecule has 0 aliphatic carbocycles. The Hall–Kier alpha value is -2.70. The first-order chi connectivity index (χ1) is 10.5. The van der Waals surface area contributed by atoms with Crippen LogP contribution in [0.5, 0.6) is 0 Å². The van der Waals surface area contributed by atoms with E-state index in [4.69, 9.17) is 5.11 Å². The number of aliphatic carboxylic acids is 1. The van der Waals surface area contributed by atoms with E-state index in [2.05, 4.69) is 10.3 Å². The smallest absolute Gasteiger partial charge is 0.326 e. The van der Waals surface area contributed by atoms with Crippen molar-refractivity contribution in [1.82, 2.24) is 14.9 Å². The largest absolute Gasteiger partial charge is 0.480 e. The molecule has 0 spiro atoms. The number of aromatic nitrogens is 2. The van der Waals surface area contributed by atoms with E-state index >= 15 is 0 Å². The molecule has 7 heteroatoms. The Balaban J connectivity index is 2.16. The number of para-hydroxylation sites is 1. The number of carbonyl (C=O) groups excluding carboxylic acids is 1. The van der Waals surface area contributed by atoms with E-state index < -0.39 is 17.9 Å². The molecule has 0 saturated carbocycles. The molecule has 116 valence electrons. The number of carboxylic acids is 1. The first-order valence-corrected chi connectivity index (χ1v) is 6.99. The van der Waals surface area contributed by atoms with Gasteiger partial charge in [-0.05, 0) is 18.6 Å². The molecule has 0 bridgehead atoms. The fourth-order valence-corrected chi connectivity index (χ4v) is 2.16. The van der Waals surface area contributed by atoms with Gasteiger partial charge in [0.05, 0.1) is 17.2 Å². The van der Waals surface area contributed by atoms with Gasteiger partial charge in [-0.3, -0.25) is 14.2 Å². The first kappa shape index (κ1) is 15.7. The Morgan fingerprint density at radius 3 is 2.77 bits per heavy atom. The zero-order valence-corrected chi connectivity index (χ0v) is 12.2. The highest BCUT2D eigenvalue weighted by Gasteiger charge is 2.19. The van der Waals surface area contributed by atoms with E-state index in [-0.39, 0.29) is 12.1 Å². The molecule has 0 saturated heterocycles. The van der Waals surface area contributed by atoms with Crippen LogP contribution < -0.4 is 10.9 Å². The molecule has 0 radical (unpaired) electrons. The van der Waals surface area contributed by atoms with Gasteiger partial charge in [-0.15, -0.1) is 0 Å². The molecule has 1 atom stereocenters. The van der Waals surface area contributed by atoms with Gasteiger partial charge in [0.2, 0.25) is 5.91 Å². The molecule has 2 N–H and O–H groups in total. The van der Waals surface area contributed by atoms with Gasteiger partial charge < -0.3 is 10.4 Å². The second-order valence-corrected chi connectivity index (χ2v) is 4.94. The summed E-state index contributed by atoms with van der Waals surface area (Å²) in [7, 11) is 0. The standard InChI is InChI=1S/C15H17N3O4/c1-2-5-12(15(21)22)17-13(19)8-18-9-16-11-7-4-3-6-10(11)14(18)20/h3-4,6-7,9,12H,2,5,8H2,1H3,(H,17,19)(H,21,22). The number of hydrogen-bond acceptors (Lipinski definition) is 4. The van der Waals surface area contributed by atoms with Gasteiger partial charge in [0.25, 0.3) is 5.56 Å². The molecule has 0 aliphatic rings. The van der Waals surface area contributed by atoms with E-state index in [9.17, 15) is 14.4 Å². The maximum Gasteiger partial charge on any atom is 0.326 e. The quantitative estimate of drug-likeness (QED) is 0.820. The number of carboxylic acid groups (broad SMARTS) is 1. The van der Waals surface area contributed by atoms with Crippen LogP contribution in [0.2, 0.25) is 0 Å². The highest BCUT2D eigenvalue weighted by molar-refractivity contribution is 5.83. The fourth-order valence-electron chi connectivity index (χ4n) is 2.16. The zero-order chi connectivity index (χ0) is 16.1. The van der Waals surface area contributed by atoms with E-state index in [1.165, 1.54) is 10.9 Å². The fraction of sp³-hybridized carbons (Fsp3) is 0.333. The average Bonchev–Trinajstić information content (AvgIpc) is 2.50. The van der Waals surface area contributed by atoms with Crippen LogP contribution in [-0.2, 0) is 16.1 Å². The lowest BCUT2D eigenvalue weighted by Crippen LogP contribution is -2.43. The lowest BCUT2D eigenvalue weighted by Gasteiger charge is -2.14. The van der Waals surface area contributed by atoms with Crippen molar-refractivity contribution >= 4 is 22.8 Å². The monoisotopic (exact) mass is 303 g/mol. The molecule has 1 aromatic carbocycles. The van der Waals surface area contributed by atoms with Crippen LogP contribution in [0.4, 0.5) is 0 Å². The summed E-state index contributed by atoms with van der Waals surface area (Å²) in [5.41, 5.74) is 0.224. The topological polar surface area (TPSA) is 101 Å². The minimum atomic E-state index is -1.08. The summed E-state index contributed by atoms with van der Waals surface area (Å²) in [5.74, 6) is -1.61. The predicted molar refractivity (Wildman–Crippen MR) is 80.5 cm³/mol. The lowest BCUT2D eigenvalue weighted by molar-refractivity contribution is -0.142. The van der Waals surface area contributed by atoms with Crippen LogP contribution >= 0.6 is 0 Å². The summed E-state index contributed by atoms with van der Waals surface area (Å²) in [6.45, 7) is 1.57. The normalized spacial score (nSPS) is 12.0. The number of nitrogens with one attached hydrogen (secondary N) is 1. The number of fused-ring (bicyclic) bond motifs is 1. The molecular weight excluding hydrogens is 286 g/mol. The number of benzene rings is 1. The van der Waals surface area contributed by atoms with E-state index in [1.54, 1.807) is 24.3 Å². The highest BCUT2D eigenvalue weighted by Crippen LogP contribution is 2.04. The van der Waals surface area contributed by atoms with Gasteiger partial charge >= 0.3 is 5.97 Å². The van der Waals surface area contributed by atoms with Gasteiger partial charge in [0, 0.05) is 0 Å². The Morgan fingerprint density at radius 2 is 2.09 bits per heavy atom. The second-order valence-electron chi connectivity index (χ2n) is 4.94. The van der Waals surface area contributed by atoms with Gasteiger partial charge in [-0.1, -0.05) is 25.5 Å². The summed E-state index contributed by atoms with van der Waals surface area (Å²) in [6, 6.07) is 5.89. The first-order valence-electron chi connectivity index (χ1n) is 6.99. The maximum absolute atomic E-state index is 12.2. The molecule has 2 aromatic rings. The third-order valence-electron chi connectivity index (χ3n) is 3.26. The Bertz CT molecular complexity index is 754. The van der Waals surface area contributed by atoms with Crippen LogP contribution in [0.1, 0.15) is 19.8 Å². The predicted octanol–water partition coefficient (Wildman–Crippen LogP) is 0.766. The number of nitrogens with zero attached hydrogens (tertiary/aromatic N) is 2. The van der Waals surface area contributed by atoms with Crippen LogP contribution in [-0.4, -0.2) is 32.6 Å². The van der Waals surface area contributed by atoms with Gasteiger partial charge in [0.1, 0.15) is 12.6 Å². The number of carbonyl (C=O) groups is 2. The van der Waals surface area contributed by atoms with Crippen molar-refractivity contribution in [3.05, 3.63) is 40.9 Å². The number of hydrogen-bond donors (Lipinski definition) is 2. The Morgan fingerprint density at radius 1 is 1.36 bits per heavy atom. The molecule has 1 heterocycles. The minimum Gasteiger partial charge on any atom is -0.480 e. The van der Waals surface area contributed by atoms with E-state index in [0.717, 1.165) is 0 Å². The zero-order valence-electron chi connectivity index (χ0n) is 12.2. The van der Waals surface area contributed by atoms with Crippen molar-refractivity contribution in [3.8, 4) is 0 Å². The third kappa shape index (κ3) is 3.49. The van der Waals surface area contributed by atoms with Gasteiger partial charge in [-0.25, -0.2) is 9.78 Å². The van der Waals surface area contributed by atoms with Crippen LogP contribution in [0.3, 0.4) is 0 Å². The van der Waals surface area contributed by atoms with Crippen molar-refractivity contribution in [3.63, 3.8) is 0 Å². The molecule has 0 fully saturated rings. The van der Waals surface area contributed by atoms with Crippen LogP contribution in [0, 0.1) is 0 Å². The number of amides is 1. The molecule has 1 amide bonds. The summed E-state index contributed by atoms with van der Waals surface area (Å²) < 4.78 is 1.17. The molecule has 1 unspecified atom stereocenters. The van der Waals surface area contributed by atoms with E-state index in [1.807, 2.05) is 6.92 Å². The van der Waals surface area contributed by atoms with Crippen molar-refractivity contribution in [2.45, 2.75) is 32.4 Å². The Labute approximate surface area is 126 Å². The van der Waals surface area contributed by atoms with Crippen molar-refractivity contribution in [1.29, 1.82) is 0 Å². The molecule has 2 rings (SSSR count). The SMILES string of the molecule is CCCC(NC(=O)Cn1cnc2ccccc2c1=O)C(=O)O. The summed E-state index contributed by atoms with van der Waals surface area (Å²) >= 11 is 0. The second kappa shape index (κ2) is 6.84.